The Balaban J connectivity index is 2.78. The average molecular weight is 321 g/mol. The van der Waals surface area contributed by atoms with Crippen LogP contribution in [0.3, 0.4) is 0 Å². The highest BCUT2D eigenvalue weighted by molar-refractivity contribution is 7.88. The molecule has 3 N–H and O–H groups in total. The summed E-state index contributed by atoms with van der Waals surface area (Å²) in [5.41, 5.74) is -0.0725. The fraction of sp³-hybridized carbons (Fsp3) is 0.417. The van der Waals surface area contributed by atoms with E-state index in [4.69, 9.17) is 16.7 Å². The van der Waals surface area contributed by atoms with Crippen LogP contribution in [0.15, 0.2) is 18.2 Å². The van der Waals surface area contributed by atoms with Gasteiger partial charge in [0.15, 0.2) is 0 Å². The normalized spacial score (nSPS) is 12.2. The summed E-state index contributed by atoms with van der Waals surface area (Å²) >= 11 is 5.97. The largest absolute Gasteiger partial charge is 0.478 e. The molecule has 8 heteroatoms. The summed E-state index contributed by atoms with van der Waals surface area (Å²) in [7, 11) is -3.31. The first-order valence-electron chi connectivity index (χ1n) is 5.76. The van der Waals surface area contributed by atoms with Crippen molar-refractivity contribution < 1.29 is 18.3 Å². The molecule has 0 saturated heterocycles. The zero-order valence-corrected chi connectivity index (χ0v) is 13.0. The van der Waals surface area contributed by atoms with Gasteiger partial charge in [-0.3, -0.25) is 0 Å². The Kier molecular flexibility index (Phi) is 5.01. The Hall–Kier alpha value is -1.31. The van der Waals surface area contributed by atoms with Crippen molar-refractivity contribution in [1.29, 1.82) is 0 Å². The number of benzene rings is 1. The fourth-order valence-corrected chi connectivity index (χ4v) is 2.97. The molecular formula is C12H17ClN2O4S. The lowest BCUT2D eigenvalue weighted by molar-refractivity contribution is 0.0697. The number of anilines is 1. The number of nitrogens with one attached hydrogen (secondary N) is 2. The molecule has 0 radical (unpaired) electrons. The molecule has 112 valence electrons. The Morgan fingerprint density at radius 3 is 2.45 bits per heavy atom. The quantitative estimate of drug-likeness (QED) is 0.742. The van der Waals surface area contributed by atoms with Crippen LogP contribution in [-0.4, -0.2) is 37.8 Å². The van der Waals surface area contributed by atoms with Gasteiger partial charge in [-0.15, -0.1) is 0 Å². The minimum atomic E-state index is -3.31. The Bertz CT molecular complexity index is 614. The second-order valence-electron chi connectivity index (χ2n) is 5.11. The van der Waals surface area contributed by atoms with Crippen LogP contribution in [0.1, 0.15) is 24.2 Å². The van der Waals surface area contributed by atoms with Crippen LogP contribution in [0.25, 0.3) is 0 Å². The van der Waals surface area contributed by atoms with E-state index < -0.39 is 21.5 Å². The molecule has 0 aliphatic carbocycles. The molecule has 1 rings (SSSR count). The minimum Gasteiger partial charge on any atom is -0.478 e. The van der Waals surface area contributed by atoms with Gasteiger partial charge < -0.3 is 10.4 Å². The predicted molar refractivity (Wildman–Crippen MR) is 79.0 cm³/mol. The number of carboxylic acid groups (broad SMARTS) is 1. The van der Waals surface area contributed by atoms with Crippen molar-refractivity contribution >= 4 is 33.3 Å². The summed E-state index contributed by atoms with van der Waals surface area (Å²) in [5.74, 6) is -1.06. The zero-order chi connectivity index (χ0) is 15.6. The standard InChI is InChI=1S/C12H17ClN2O4S/c1-12(2,15-20(3,18)19)7-14-10-5-4-8(11(16)17)6-9(10)13/h4-6,14-15H,7H2,1-3H3,(H,16,17). The minimum absolute atomic E-state index is 0.0917. The van der Waals surface area contributed by atoms with E-state index in [9.17, 15) is 13.2 Å². The van der Waals surface area contributed by atoms with Gasteiger partial charge in [0.2, 0.25) is 10.0 Å². The van der Waals surface area contributed by atoms with Crippen molar-refractivity contribution in [3.8, 4) is 0 Å². The van der Waals surface area contributed by atoms with Crippen LogP contribution < -0.4 is 10.0 Å². The molecule has 0 amide bonds. The Morgan fingerprint density at radius 1 is 1.40 bits per heavy atom. The maximum atomic E-state index is 11.2. The molecule has 0 atom stereocenters. The number of carbonyl (C=O) groups is 1. The van der Waals surface area contributed by atoms with Crippen molar-refractivity contribution in [2.75, 3.05) is 18.1 Å². The number of carboxylic acids is 1. The van der Waals surface area contributed by atoms with Gasteiger partial charge >= 0.3 is 5.97 Å². The van der Waals surface area contributed by atoms with E-state index in [1.54, 1.807) is 19.9 Å². The maximum absolute atomic E-state index is 11.2. The van der Waals surface area contributed by atoms with E-state index in [0.717, 1.165) is 6.26 Å². The molecule has 0 fully saturated rings. The van der Waals surface area contributed by atoms with Gasteiger partial charge in [-0.2, -0.15) is 0 Å². The highest BCUT2D eigenvalue weighted by Crippen LogP contribution is 2.23. The molecule has 0 aliphatic heterocycles. The molecule has 0 spiro atoms. The van der Waals surface area contributed by atoms with Crippen molar-refractivity contribution in [2.24, 2.45) is 0 Å². The predicted octanol–water partition coefficient (Wildman–Crippen LogP) is 1.78. The first kappa shape index (κ1) is 16.7. The third-order valence-electron chi connectivity index (χ3n) is 2.40. The van der Waals surface area contributed by atoms with Crippen LogP contribution in [0.2, 0.25) is 5.02 Å². The number of hydrogen-bond acceptors (Lipinski definition) is 4. The lowest BCUT2D eigenvalue weighted by Crippen LogP contribution is -2.47. The summed E-state index contributed by atoms with van der Waals surface area (Å²) in [6.07, 6.45) is 1.09. The maximum Gasteiger partial charge on any atom is 0.335 e. The molecule has 0 aliphatic rings. The van der Waals surface area contributed by atoms with Gasteiger partial charge in [-0.05, 0) is 32.0 Å². The molecule has 20 heavy (non-hydrogen) atoms. The Morgan fingerprint density at radius 2 is 2.00 bits per heavy atom. The van der Waals surface area contributed by atoms with Crippen molar-refractivity contribution in [2.45, 2.75) is 19.4 Å². The summed E-state index contributed by atoms with van der Waals surface area (Å²) in [6, 6.07) is 4.30. The van der Waals surface area contributed by atoms with Crippen molar-refractivity contribution in [3.05, 3.63) is 28.8 Å². The molecular weight excluding hydrogens is 304 g/mol. The SMILES string of the molecule is CC(C)(CNc1ccc(C(=O)O)cc1Cl)NS(C)(=O)=O. The summed E-state index contributed by atoms with van der Waals surface area (Å²) in [6.45, 7) is 3.74. The lowest BCUT2D eigenvalue weighted by Gasteiger charge is -2.26. The third-order valence-corrected chi connectivity index (χ3v) is 3.63. The summed E-state index contributed by atoms with van der Waals surface area (Å²) in [5, 5.41) is 12.1. The second kappa shape index (κ2) is 5.99. The van der Waals surface area contributed by atoms with Gasteiger partial charge in [0.05, 0.1) is 22.5 Å². The molecule has 6 nitrogen and oxygen atoms in total. The van der Waals surface area contributed by atoms with Gasteiger partial charge in [-0.25, -0.2) is 17.9 Å². The van der Waals surface area contributed by atoms with E-state index in [1.165, 1.54) is 12.1 Å². The van der Waals surface area contributed by atoms with Gasteiger partial charge in [0.25, 0.3) is 0 Å². The molecule has 1 aromatic rings. The van der Waals surface area contributed by atoms with Gasteiger partial charge in [0.1, 0.15) is 0 Å². The van der Waals surface area contributed by atoms with Crippen molar-refractivity contribution in [1.82, 2.24) is 4.72 Å². The second-order valence-corrected chi connectivity index (χ2v) is 7.27. The monoisotopic (exact) mass is 320 g/mol. The molecule has 1 aromatic carbocycles. The average Bonchev–Trinajstić information content (AvgIpc) is 2.23. The highest BCUT2D eigenvalue weighted by atomic mass is 35.5. The van der Waals surface area contributed by atoms with Gasteiger partial charge in [0, 0.05) is 12.1 Å². The first-order chi connectivity index (χ1) is 9.00. The fourth-order valence-electron chi connectivity index (χ4n) is 1.65. The van der Waals surface area contributed by atoms with Crippen molar-refractivity contribution in [3.63, 3.8) is 0 Å². The van der Waals surface area contributed by atoms with Crippen LogP contribution >= 0.6 is 11.6 Å². The molecule has 0 heterocycles. The summed E-state index contributed by atoms with van der Waals surface area (Å²) in [4.78, 5) is 10.8. The first-order valence-corrected chi connectivity index (χ1v) is 8.03. The van der Waals surface area contributed by atoms with E-state index in [-0.39, 0.29) is 10.6 Å². The lowest BCUT2D eigenvalue weighted by atomic mass is 10.1. The number of aromatic carboxylic acids is 1. The molecule has 0 unspecified atom stereocenters. The smallest absolute Gasteiger partial charge is 0.335 e. The van der Waals surface area contributed by atoms with E-state index >= 15 is 0 Å². The topological polar surface area (TPSA) is 95.5 Å². The Labute approximate surface area is 123 Å². The van der Waals surface area contributed by atoms with Crippen LogP contribution in [-0.2, 0) is 10.0 Å². The van der Waals surface area contributed by atoms with E-state index in [0.29, 0.717) is 12.2 Å². The number of hydrogen-bond donors (Lipinski definition) is 3. The highest BCUT2D eigenvalue weighted by Gasteiger charge is 2.22. The molecule has 0 saturated carbocycles. The number of rotatable bonds is 6. The van der Waals surface area contributed by atoms with Crippen LogP contribution in [0.4, 0.5) is 5.69 Å². The van der Waals surface area contributed by atoms with Crippen LogP contribution in [0, 0.1) is 0 Å². The van der Waals surface area contributed by atoms with Gasteiger partial charge in [-0.1, -0.05) is 11.6 Å². The molecule has 0 aromatic heterocycles. The van der Waals surface area contributed by atoms with E-state index in [2.05, 4.69) is 10.0 Å². The number of sulfonamides is 1. The zero-order valence-electron chi connectivity index (χ0n) is 11.4. The summed E-state index contributed by atoms with van der Waals surface area (Å²) < 4.78 is 24.9. The number of halogens is 1. The molecule has 0 bridgehead atoms. The van der Waals surface area contributed by atoms with Crippen LogP contribution in [0.5, 0.6) is 0 Å². The van der Waals surface area contributed by atoms with E-state index in [1.807, 2.05) is 0 Å². The third kappa shape index (κ3) is 5.36.